The predicted octanol–water partition coefficient (Wildman–Crippen LogP) is 3.37. The van der Waals surface area contributed by atoms with E-state index in [0.717, 1.165) is 16.1 Å². The van der Waals surface area contributed by atoms with Crippen LogP contribution in [0.1, 0.15) is 25.5 Å². The van der Waals surface area contributed by atoms with Crippen molar-refractivity contribution in [2.75, 3.05) is 10.6 Å². The fraction of sp³-hybridized carbons (Fsp3) is 0.278. The smallest absolute Gasteiger partial charge is 0.244 e. The average Bonchev–Trinajstić information content (AvgIpc) is 2.54. The Morgan fingerprint density at radius 1 is 1.08 bits per heavy atom. The molecule has 2 atom stereocenters. The van der Waals surface area contributed by atoms with Crippen LogP contribution in [0.2, 0.25) is 5.02 Å². The van der Waals surface area contributed by atoms with E-state index in [4.69, 9.17) is 11.6 Å². The molecule has 2 aromatic carbocycles. The lowest BCUT2D eigenvalue weighted by Gasteiger charge is -2.29. The van der Waals surface area contributed by atoms with E-state index in [2.05, 4.69) is 5.32 Å². The van der Waals surface area contributed by atoms with Gasteiger partial charge in [0.15, 0.2) is 0 Å². The molecule has 7 heteroatoms. The zero-order chi connectivity index (χ0) is 18.6. The van der Waals surface area contributed by atoms with Gasteiger partial charge < -0.3 is 5.32 Å². The van der Waals surface area contributed by atoms with Crippen LogP contribution in [0.5, 0.6) is 0 Å². The fourth-order valence-corrected chi connectivity index (χ4v) is 3.93. The highest BCUT2D eigenvalue weighted by molar-refractivity contribution is 7.92. The SMILES string of the molecule is C[C@H](NC(=O)[C@@H](C)N(c1cccc(Cl)c1)S(C)(=O)=O)c1ccccc1. The number of hydrogen-bond acceptors (Lipinski definition) is 3. The molecule has 0 aliphatic heterocycles. The van der Waals surface area contributed by atoms with Gasteiger partial charge in [0.2, 0.25) is 15.9 Å². The van der Waals surface area contributed by atoms with E-state index in [1.807, 2.05) is 37.3 Å². The molecule has 0 spiro atoms. The van der Waals surface area contributed by atoms with Crippen LogP contribution in [0.15, 0.2) is 54.6 Å². The van der Waals surface area contributed by atoms with Crippen LogP contribution >= 0.6 is 11.6 Å². The minimum absolute atomic E-state index is 0.239. The molecule has 0 saturated heterocycles. The van der Waals surface area contributed by atoms with E-state index in [0.29, 0.717) is 10.7 Å². The lowest BCUT2D eigenvalue weighted by Crippen LogP contribution is -2.48. The first-order chi connectivity index (χ1) is 11.7. The number of nitrogens with one attached hydrogen (secondary N) is 1. The molecule has 1 amide bonds. The van der Waals surface area contributed by atoms with Crippen molar-refractivity contribution in [1.29, 1.82) is 0 Å². The molecule has 0 aliphatic carbocycles. The summed E-state index contributed by atoms with van der Waals surface area (Å²) in [5, 5.41) is 3.25. The Bertz CT molecular complexity index is 840. The fourth-order valence-electron chi connectivity index (χ4n) is 2.58. The second kappa shape index (κ2) is 7.89. The molecule has 0 aromatic heterocycles. The molecule has 5 nitrogen and oxygen atoms in total. The highest BCUT2D eigenvalue weighted by Gasteiger charge is 2.29. The van der Waals surface area contributed by atoms with Gasteiger partial charge in [0.1, 0.15) is 6.04 Å². The maximum Gasteiger partial charge on any atom is 0.244 e. The second-order valence-electron chi connectivity index (χ2n) is 5.86. The molecular formula is C18H21ClN2O3S. The number of sulfonamides is 1. The first kappa shape index (κ1) is 19.3. The molecule has 0 heterocycles. The van der Waals surface area contributed by atoms with Crippen molar-refractivity contribution in [3.8, 4) is 0 Å². The van der Waals surface area contributed by atoms with Gasteiger partial charge >= 0.3 is 0 Å². The molecule has 0 aliphatic rings. The van der Waals surface area contributed by atoms with Gasteiger partial charge in [0, 0.05) is 5.02 Å². The van der Waals surface area contributed by atoms with Gasteiger partial charge in [-0.2, -0.15) is 0 Å². The Morgan fingerprint density at radius 2 is 1.72 bits per heavy atom. The van der Waals surface area contributed by atoms with E-state index in [-0.39, 0.29) is 11.9 Å². The van der Waals surface area contributed by atoms with Crippen LogP contribution in [-0.2, 0) is 14.8 Å². The van der Waals surface area contributed by atoms with Crippen molar-refractivity contribution in [3.63, 3.8) is 0 Å². The molecule has 2 aromatic rings. The first-order valence-electron chi connectivity index (χ1n) is 7.80. The molecule has 134 valence electrons. The molecule has 0 fully saturated rings. The number of amides is 1. The van der Waals surface area contributed by atoms with E-state index in [9.17, 15) is 13.2 Å². The summed E-state index contributed by atoms with van der Waals surface area (Å²) >= 11 is 5.97. The van der Waals surface area contributed by atoms with E-state index in [1.54, 1.807) is 25.1 Å². The summed E-state index contributed by atoms with van der Waals surface area (Å²) in [5.41, 5.74) is 1.29. The Morgan fingerprint density at radius 3 is 2.28 bits per heavy atom. The molecule has 0 bridgehead atoms. The average molecular weight is 381 g/mol. The highest BCUT2D eigenvalue weighted by atomic mass is 35.5. The Kier molecular flexibility index (Phi) is 6.08. The number of anilines is 1. The normalized spacial score (nSPS) is 13.8. The summed E-state index contributed by atoms with van der Waals surface area (Å²) in [5.74, 6) is -0.387. The van der Waals surface area contributed by atoms with Gasteiger partial charge in [0.05, 0.1) is 18.0 Å². The number of rotatable bonds is 6. The van der Waals surface area contributed by atoms with Crippen LogP contribution in [0, 0.1) is 0 Å². The molecule has 0 unspecified atom stereocenters. The van der Waals surface area contributed by atoms with Gasteiger partial charge in [-0.3, -0.25) is 9.10 Å². The molecular weight excluding hydrogens is 360 g/mol. The van der Waals surface area contributed by atoms with Crippen molar-refractivity contribution in [1.82, 2.24) is 5.32 Å². The van der Waals surface area contributed by atoms with Gasteiger partial charge in [-0.05, 0) is 37.6 Å². The molecule has 25 heavy (non-hydrogen) atoms. The van der Waals surface area contributed by atoms with Crippen molar-refractivity contribution in [2.45, 2.75) is 25.9 Å². The third-order valence-corrected chi connectivity index (χ3v) is 5.29. The maximum absolute atomic E-state index is 12.6. The van der Waals surface area contributed by atoms with Crippen LogP contribution in [0.4, 0.5) is 5.69 Å². The van der Waals surface area contributed by atoms with Gasteiger partial charge in [-0.25, -0.2) is 8.42 Å². The summed E-state index contributed by atoms with van der Waals surface area (Å²) in [6.45, 7) is 3.40. The lowest BCUT2D eigenvalue weighted by atomic mass is 10.1. The van der Waals surface area contributed by atoms with Gasteiger partial charge in [0.25, 0.3) is 0 Å². The summed E-state index contributed by atoms with van der Waals surface area (Å²) in [7, 11) is -3.67. The van der Waals surface area contributed by atoms with Crippen molar-refractivity contribution in [3.05, 3.63) is 65.2 Å². The minimum Gasteiger partial charge on any atom is -0.348 e. The summed E-state index contributed by atoms with van der Waals surface area (Å²) in [6.07, 6.45) is 1.07. The van der Waals surface area contributed by atoms with Crippen molar-refractivity contribution < 1.29 is 13.2 Å². The van der Waals surface area contributed by atoms with Crippen molar-refractivity contribution in [2.24, 2.45) is 0 Å². The van der Waals surface area contributed by atoms with Gasteiger partial charge in [-0.15, -0.1) is 0 Å². The summed E-state index contributed by atoms with van der Waals surface area (Å²) in [4.78, 5) is 12.6. The quantitative estimate of drug-likeness (QED) is 0.835. The second-order valence-corrected chi connectivity index (χ2v) is 8.15. The van der Waals surface area contributed by atoms with E-state index < -0.39 is 16.1 Å². The Labute approximate surface area is 153 Å². The zero-order valence-electron chi connectivity index (χ0n) is 14.3. The predicted molar refractivity (Wildman–Crippen MR) is 101 cm³/mol. The molecule has 2 rings (SSSR count). The maximum atomic E-state index is 12.6. The van der Waals surface area contributed by atoms with Crippen LogP contribution in [0.25, 0.3) is 0 Å². The number of nitrogens with zero attached hydrogens (tertiary/aromatic N) is 1. The minimum atomic E-state index is -3.67. The van der Waals surface area contributed by atoms with Gasteiger partial charge in [-0.1, -0.05) is 48.0 Å². The van der Waals surface area contributed by atoms with Crippen LogP contribution in [-0.4, -0.2) is 26.6 Å². The van der Waals surface area contributed by atoms with Crippen LogP contribution in [0.3, 0.4) is 0 Å². The summed E-state index contributed by atoms with van der Waals surface area (Å²) < 4.78 is 25.6. The van der Waals surface area contributed by atoms with Crippen LogP contribution < -0.4 is 9.62 Å². The van der Waals surface area contributed by atoms with E-state index >= 15 is 0 Å². The standard InChI is InChI=1S/C18H21ClN2O3S/c1-13(15-8-5-4-6-9-15)20-18(22)14(2)21(25(3,23)24)17-11-7-10-16(19)12-17/h4-14H,1-3H3,(H,20,22)/t13-,14+/m0/s1. The summed E-state index contributed by atoms with van der Waals surface area (Å²) in [6, 6.07) is 14.7. The lowest BCUT2D eigenvalue weighted by molar-refractivity contribution is -0.122. The topological polar surface area (TPSA) is 66.5 Å². The Hall–Kier alpha value is -2.05. The largest absolute Gasteiger partial charge is 0.348 e. The zero-order valence-corrected chi connectivity index (χ0v) is 15.9. The number of carbonyl (C=O) groups excluding carboxylic acids is 1. The molecule has 0 radical (unpaired) electrons. The third-order valence-electron chi connectivity index (χ3n) is 3.81. The first-order valence-corrected chi connectivity index (χ1v) is 10.0. The Balaban J connectivity index is 2.24. The molecule has 1 N–H and O–H groups in total. The van der Waals surface area contributed by atoms with E-state index in [1.165, 1.54) is 6.07 Å². The number of hydrogen-bond donors (Lipinski definition) is 1. The number of carbonyl (C=O) groups is 1. The van der Waals surface area contributed by atoms with Crippen molar-refractivity contribution >= 4 is 33.2 Å². The monoisotopic (exact) mass is 380 g/mol. The number of benzene rings is 2. The number of halogens is 1. The highest BCUT2D eigenvalue weighted by Crippen LogP contribution is 2.24. The third kappa shape index (κ3) is 4.96. The molecule has 0 saturated carbocycles.